The van der Waals surface area contributed by atoms with Crippen molar-refractivity contribution in [2.24, 2.45) is 40.4 Å². The third kappa shape index (κ3) is 3.07. The van der Waals surface area contributed by atoms with E-state index in [1.54, 1.807) is 0 Å². The Morgan fingerprint density at radius 2 is 1.60 bits per heavy atom. The molecule has 0 amide bonds. The van der Waals surface area contributed by atoms with Gasteiger partial charge in [0, 0.05) is 6.42 Å². The zero-order chi connectivity index (χ0) is 18.1. The van der Waals surface area contributed by atoms with E-state index in [4.69, 9.17) is 5.26 Å². The topological polar surface area (TPSA) is 23.8 Å². The summed E-state index contributed by atoms with van der Waals surface area (Å²) in [6, 6.07) is 2.41. The molecule has 0 aromatic heterocycles. The van der Waals surface area contributed by atoms with E-state index >= 15 is 0 Å². The van der Waals surface area contributed by atoms with Crippen LogP contribution in [0.4, 0.5) is 0 Å². The molecule has 7 atom stereocenters. The van der Waals surface area contributed by atoms with Crippen molar-refractivity contribution in [1.29, 1.82) is 5.26 Å². The third-order valence-corrected chi connectivity index (χ3v) is 9.38. The summed E-state index contributed by atoms with van der Waals surface area (Å²) in [5.74, 6) is 4.89. The molecule has 0 aromatic rings. The largest absolute Gasteiger partial charge is 0.198 e. The molecule has 25 heavy (non-hydrogen) atoms. The van der Waals surface area contributed by atoms with Crippen LogP contribution in [0.15, 0.2) is 0 Å². The molecule has 0 saturated heterocycles. The van der Waals surface area contributed by atoms with Gasteiger partial charge in [-0.1, -0.05) is 40.5 Å². The minimum Gasteiger partial charge on any atom is -0.198 e. The quantitative estimate of drug-likeness (QED) is 0.513. The second-order valence-electron chi connectivity index (χ2n) is 9.92. The smallest absolute Gasteiger partial charge is 0.0621 e. The van der Waals surface area contributed by atoms with Crippen molar-refractivity contribution in [3.8, 4) is 6.07 Å². The highest BCUT2D eigenvalue weighted by Gasteiger charge is 2.59. The second-order valence-corrected chi connectivity index (χ2v) is 9.92. The summed E-state index contributed by atoms with van der Waals surface area (Å²) in [5.41, 5.74) is 1.24. The number of fused-ring (bicyclic) bond motifs is 5. The number of rotatable bonds is 2. The molecule has 4 aliphatic rings. The first-order valence-corrected chi connectivity index (χ1v) is 11.5. The average molecular weight is 344 g/mol. The highest BCUT2D eigenvalue weighted by molar-refractivity contribution is 5.08. The maximum absolute atomic E-state index is 9.01. The van der Waals surface area contributed by atoms with Crippen LogP contribution >= 0.6 is 0 Å². The Morgan fingerprint density at radius 3 is 2.36 bits per heavy atom. The van der Waals surface area contributed by atoms with Crippen LogP contribution in [0.5, 0.6) is 0 Å². The molecule has 0 aliphatic heterocycles. The van der Waals surface area contributed by atoms with Gasteiger partial charge in [-0.15, -0.1) is 0 Å². The summed E-state index contributed by atoms with van der Waals surface area (Å²) in [5, 5.41) is 9.01. The Kier molecular flexibility index (Phi) is 5.87. The van der Waals surface area contributed by atoms with Crippen LogP contribution in [0.25, 0.3) is 0 Å². The highest BCUT2D eigenvalue weighted by atomic mass is 14.6. The Morgan fingerprint density at radius 1 is 0.840 bits per heavy atom. The van der Waals surface area contributed by atoms with Crippen molar-refractivity contribution in [1.82, 2.24) is 0 Å². The predicted octanol–water partition coefficient (Wildman–Crippen LogP) is 7.37. The monoisotopic (exact) mass is 343 g/mol. The first-order valence-electron chi connectivity index (χ1n) is 11.5. The van der Waals surface area contributed by atoms with E-state index in [1.807, 2.05) is 13.8 Å². The van der Waals surface area contributed by atoms with E-state index < -0.39 is 0 Å². The van der Waals surface area contributed by atoms with Crippen LogP contribution in [0, 0.1) is 51.8 Å². The Bertz CT molecular complexity index is 491. The molecule has 4 aliphatic carbocycles. The van der Waals surface area contributed by atoms with Gasteiger partial charge < -0.3 is 0 Å². The van der Waals surface area contributed by atoms with Crippen LogP contribution in [-0.4, -0.2) is 0 Å². The summed E-state index contributed by atoms with van der Waals surface area (Å²) in [6.07, 6.45) is 16.8. The molecule has 142 valence electrons. The van der Waals surface area contributed by atoms with Crippen molar-refractivity contribution in [3.05, 3.63) is 0 Å². The molecule has 4 fully saturated rings. The highest BCUT2D eigenvalue weighted by Crippen LogP contribution is 2.67. The van der Waals surface area contributed by atoms with E-state index in [0.717, 1.165) is 36.0 Å². The zero-order valence-corrected chi connectivity index (χ0v) is 17.3. The molecule has 7 unspecified atom stereocenters. The van der Waals surface area contributed by atoms with Crippen LogP contribution in [0.1, 0.15) is 105 Å². The van der Waals surface area contributed by atoms with Crippen LogP contribution in [0.2, 0.25) is 0 Å². The van der Waals surface area contributed by atoms with Crippen molar-refractivity contribution < 1.29 is 0 Å². The summed E-state index contributed by atoms with van der Waals surface area (Å²) in [7, 11) is 0. The molecule has 0 aromatic carbocycles. The first kappa shape index (κ1) is 19.3. The van der Waals surface area contributed by atoms with Crippen molar-refractivity contribution in [2.45, 2.75) is 105 Å². The minimum absolute atomic E-state index is 0.565. The molecule has 4 rings (SSSR count). The lowest BCUT2D eigenvalue weighted by Gasteiger charge is -2.60. The molecule has 0 radical (unpaired) electrons. The maximum Gasteiger partial charge on any atom is 0.0621 e. The molecule has 4 saturated carbocycles. The van der Waals surface area contributed by atoms with Crippen molar-refractivity contribution >= 4 is 0 Å². The number of nitriles is 1. The van der Waals surface area contributed by atoms with E-state index in [2.05, 4.69) is 19.9 Å². The van der Waals surface area contributed by atoms with E-state index in [-0.39, 0.29) is 0 Å². The van der Waals surface area contributed by atoms with Crippen LogP contribution in [0.3, 0.4) is 0 Å². The van der Waals surface area contributed by atoms with Gasteiger partial charge in [0.25, 0.3) is 0 Å². The normalized spacial score (nSPS) is 48.2. The number of nitrogens with zero attached hydrogens (tertiary/aromatic N) is 1. The van der Waals surface area contributed by atoms with Gasteiger partial charge in [0.2, 0.25) is 0 Å². The fourth-order valence-corrected chi connectivity index (χ4v) is 8.12. The molecule has 1 heteroatoms. The summed E-state index contributed by atoms with van der Waals surface area (Å²) >= 11 is 0. The fourth-order valence-electron chi connectivity index (χ4n) is 8.12. The van der Waals surface area contributed by atoms with E-state index in [0.29, 0.717) is 10.8 Å². The SMILES string of the molecule is CC.CC12CCCCC1CCC1C2CCC2(C)C(CCC#N)CCC12. The Hall–Kier alpha value is -0.510. The summed E-state index contributed by atoms with van der Waals surface area (Å²) < 4.78 is 0. The molecule has 0 spiro atoms. The van der Waals surface area contributed by atoms with E-state index in [1.165, 1.54) is 70.6 Å². The van der Waals surface area contributed by atoms with Crippen molar-refractivity contribution in [3.63, 3.8) is 0 Å². The van der Waals surface area contributed by atoms with Gasteiger partial charge in [-0.25, -0.2) is 0 Å². The molecule has 0 heterocycles. The summed E-state index contributed by atoms with van der Waals surface area (Å²) in [4.78, 5) is 0. The van der Waals surface area contributed by atoms with Gasteiger partial charge in [-0.05, 0) is 98.2 Å². The van der Waals surface area contributed by atoms with Gasteiger partial charge in [0.1, 0.15) is 0 Å². The van der Waals surface area contributed by atoms with E-state index in [9.17, 15) is 0 Å². The molecule has 0 N–H and O–H groups in total. The standard InChI is InChI=1S/C22H35N.C2H6/c1-21-13-4-3-6-16(21)8-10-18-19-11-9-17(7-5-15-23)22(19,2)14-12-20(18)21;1-2/h16-20H,3-14H2,1-2H3;1-2H3. The fraction of sp³-hybridized carbons (Fsp3) is 0.958. The molecule has 1 nitrogen and oxygen atoms in total. The van der Waals surface area contributed by atoms with Crippen molar-refractivity contribution in [2.75, 3.05) is 0 Å². The number of hydrogen-bond acceptors (Lipinski definition) is 1. The van der Waals surface area contributed by atoms with Gasteiger partial charge in [-0.2, -0.15) is 5.26 Å². The molecule has 0 bridgehead atoms. The van der Waals surface area contributed by atoms with Gasteiger partial charge in [0.05, 0.1) is 6.07 Å². The zero-order valence-electron chi connectivity index (χ0n) is 17.3. The third-order valence-electron chi connectivity index (χ3n) is 9.38. The van der Waals surface area contributed by atoms with Gasteiger partial charge in [-0.3, -0.25) is 0 Å². The predicted molar refractivity (Wildman–Crippen MR) is 106 cm³/mol. The van der Waals surface area contributed by atoms with Crippen LogP contribution in [-0.2, 0) is 0 Å². The molecular weight excluding hydrogens is 302 g/mol. The Labute approximate surface area is 157 Å². The number of hydrogen-bond donors (Lipinski definition) is 0. The first-order chi connectivity index (χ1) is 12.1. The van der Waals surface area contributed by atoms with Gasteiger partial charge in [0.15, 0.2) is 0 Å². The van der Waals surface area contributed by atoms with Gasteiger partial charge >= 0.3 is 0 Å². The second kappa shape index (κ2) is 7.62. The lowest BCUT2D eigenvalue weighted by atomic mass is 9.45. The van der Waals surface area contributed by atoms with Crippen LogP contribution < -0.4 is 0 Å². The Balaban J connectivity index is 0.000000880. The minimum atomic E-state index is 0.565. The average Bonchev–Trinajstić information content (AvgIpc) is 2.97. The lowest BCUT2D eigenvalue weighted by molar-refractivity contribution is -0.111. The maximum atomic E-state index is 9.01. The molecular formula is C24H41N. The summed E-state index contributed by atoms with van der Waals surface area (Å²) in [6.45, 7) is 9.29. The lowest BCUT2D eigenvalue weighted by Crippen LogP contribution is -2.52.